The second kappa shape index (κ2) is 6.24. The number of piperidine rings is 1. The number of hydrogen-bond donors (Lipinski definition) is 2. The summed E-state index contributed by atoms with van der Waals surface area (Å²) in [5.41, 5.74) is 4.87. The van der Waals surface area contributed by atoms with E-state index in [1.807, 2.05) is 54.3 Å². The van der Waals surface area contributed by atoms with Crippen molar-refractivity contribution >= 4 is 28.9 Å². The van der Waals surface area contributed by atoms with E-state index in [9.17, 15) is 9.59 Å². The zero-order valence-corrected chi connectivity index (χ0v) is 14.2. The molecule has 128 valence electrons. The summed E-state index contributed by atoms with van der Waals surface area (Å²) in [6.45, 7) is 2.79. The van der Waals surface area contributed by atoms with E-state index in [1.54, 1.807) is 0 Å². The maximum atomic E-state index is 12.9. The first-order valence-corrected chi connectivity index (χ1v) is 8.67. The third kappa shape index (κ3) is 3.09. The lowest BCUT2D eigenvalue weighted by molar-refractivity contribution is -0.120. The summed E-state index contributed by atoms with van der Waals surface area (Å²) in [6.07, 6.45) is 2.18. The molecule has 2 aliphatic heterocycles. The van der Waals surface area contributed by atoms with Gasteiger partial charge in [-0.05, 0) is 55.7 Å². The van der Waals surface area contributed by atoms with Gasteiger partial charge in [0.25, 0.3) is 0 Å². The standard InChI is InChI=1S/C20H21N3O2/c1-13-4-7-16(8-5-13)23-10-2-3-18(20(23)25)21-15-6-9-17-14(11-15)12-19(24)22-17/h4-9,11,18,21H,2-3,10,12H2,1H3,(H,22,24)/t18-/m0/s1. The molecule has 2 N–H and O–H groups in total. The molecule has 0 unspecified atom stereocenters. The molecule has 2 aromatic rings. The lowest BCUT2D eigenvalue weighted by Gasteiger charge is -2.33. The summed E-state index contributed by atoms with van der Waals surface area (Å²) in [4.78, 5) is 26.2. The number of amides is 2. The Labute approximate surface area is 147 Å². The molecule has 0 bridgehead atoms. The van der Waals surface area contributed by atoms with Gasteiger partial charge in [0, 0.05) is 23.6 Å². The van der Waals surface area contributed by atoms with Gasteiger partial charge in [-0.2, -0.15) is 0 Å². The van der Waals surface area contributed by atoms with Crippen LogP contribution in [0.4, 0.5) is 17.1 Å². The van der Waals surface area contributed by atoms with Crippen molar-refractivity contribution < 1.29 is 9.59 Å². The van der Waals surface area contributed by atoms with Crippen molar-refractivity contribution in [2.24, 2.45) is 0 Å². The predicted molar refractivity (Wildman–Crippen MR) is 99.0 cm³/mol. The molecule has 0 aromatic heterocycles. The van der Waals surface area contributed by atoms with Crippen molar-refractivity contribution in [1.29, 1.82) is 0 Å². The van der Waals surface area contributed by atoms with Crippen LogP contribution in [0, 0.1) is 6.92 Å². The van der Waals surface area contributed by atoms with Crippen LogP contribution in [0.3, 0.4) is 0 Å². The summed E-state index contributed by atoms with van der Waals surface area (Å²) in [6, 6.07) is 13.6. The average molecular weight is 335 g/mol. The fourth-order valence-corrected chi connectivity index (χ4v) is 3.51. The third-order valence-corrected chi connectivity index (χ3v) is 4.86. The molecule has 2 amide bonds. The highest BCUT2D eigenvalue weighted by Crippen LogP contribution is 2.28. The molecule has 2 heterocycles. The number of benzene rings is 2. The summed E-state index contributed by atoms with van der Waals surface area (Å²) in [5.74, 6) is 0.122. The number of carbonyl (C=O) groups is 2. The van der Waals surface area contributed by atoms with Gasteiger partial charge in [-0.3, -0.25) is 9.59 Å². The summed E-state index contributed by atoms with van der Waals surface area (Å²) in [7, 11) is 0. The van der Waals surface area contributed by atoms with Gasteiger partial charge in [0.15, 0.2) is 0 Å². The second-order valence-electron chi connectivity index (χ2n) is 6.76. The Morgan fingerprint density at radius 3 is 2.72 bits per heavy atom. The van der Waals surface area contributed by atoms with Crippen LogP contribution in [0.5, 0.6) is 0 Å². The maximum absolute atomic E-state index is 12.9. The minimum Gasteiger partial charge on any atom is -0.374 e. The Morgan fingerprint density at radius 1 is 1.12 bits per heavy atom. The topological polar surface area (TPSA) is 61.4 Å². The van der Waals surface area contributed by atoms with Gasteiger partial charge in [0.2, 0.25) is 11.8 Å². The number of fused-ring (bicyclic) bond motifs is 1. The van der Waals surface area contributed by atoms with Crippen LogP contribution in [-0.2, 0) is 16.0 Å². The average Bonchev–Trinajstić information content (AvgIpc) is 2.97. The molecule has 0 aliphatic carbocycles. The molecule has 2 aromatic carbocycles. The van der Waals surface area contributed by atoms with Crippen molar-refractivity contribution in [1.82, 2.24) is 0 Å². The number of rotatable bonds is 3. The van der Waals surface area contributed by atoms with Crippen LogP contribution >= 0.6 is 0 Å². The zero-order chi connectivity index (χ0) is 17.4. The molecule has 4 rings (SSSR count). The Kier molecular flexibility index (Phi) is 3.92. The van der Waals surface area contributed by atoms with Crippen molar-refractivity contribution in [2.45, 2.75) is 32.2 Å². The molecule has 1 saturated heterocycles. The van der Waals surface area contributed by atoms with E-state index in [4.69, 9.17) is 0 Å². The number of aryl methyl sites for hydroxylation is 1. The van der Waals surface area contributed by atoms with E-state index in [0.717, 1.165) is 42.0 Å². The highest BCUT2D eigenvalue weighted by atomic mass is 16.2. The number of nitrogens with one attached hydrogen (secondary N) is 2. The fraction of sp³-hybridized carbons (Fsp3) is 0.300. The first-order valence-electron chi connectivity index (χ1n) is 8.67. The molecular weight excluding hydrogens is 314 g/mol. The number of hydrogen-bond acceptors (Lipinski definition) is 3. The quantitative estimate of drug-likeness (QED) is 0.906. The maximum Gasteiger partial charge on any atom is 0.249 e. The van der Waals surface area contributed by atoms with Gasteiger partial charge in [-0.25, -0.2) is 0 Å². The van der Waals surface area contributed by atoms with E-state index in [2.05, 4.69) is 10.6 Å². The second-order valence-corrected chi connectivity index (χ2v) is 6.76. The molecule has 25 heavy (non-hydrogen) atoms. The minimum atomic E-state index is -0.238. The molecule has 2 aliphatic rings. The Morgan fingerprint density at radius 2 is 1.92 bits per heavy atom. The molecule has 0 radical (unpaired) electrons. The third-order valence-electron chi connectivity index (χ3n) is 4.86. The summed E-state index contributed by atoms with van der Waals surface area (Å²) in [5, 5.41) is 6.18. The van der Waals surface area contributed by atoms with Crippen molar-refractivity contribution in [3.8, 4) is 0 Å². The lowest BCUT2D eigenvalue weighted by atomic mass is 10.0. The highest BCUT2D eigenvalue weighted by Gasteiger charge is 2.30. The van der Waals surface area contributed by atoms with Gasteiger partial charge in [0.05, 0.1) is 6.42 Å². The first kappa shape index (κ1) is 15.7. The predicted octanol–water partition coefficient (Wildman–Crippen LogP) is 3.10. The van der Waals surface area contributed by atoms with E-state index in [-0.39, 0.29) is 17.9 Å². The van der Waals surface area contributed by atoms with Crippen LogP contribution < -0.4 is 15.5 Å². The van der Waals surface area contributed by atoms with E-state index < -0.39 is 0 Å². The lowest BCUT2D eigenvalue weighted by Crippen LogP contribution is -2.47. The van der Waals surface area contributed by atoms with Gasteiger partial charge in [-0.1, -0.05) is 17.7 Å². The molecular formula is C20H21N3O2. The largest absolute Gasteiger partial charge is 0.374 e. The molecule has 5 heteroatoms. The Hall–Kier alpha value is -2.82. The van der Waals surface area contributed by atoms with Crippen LogP contribution in [0.2, 0.25) is 0 Å². The molecule has 1 atom stereocenters. The highest BCUT2D eigenvalue weighted by molar-refractivity contribution is 6.01. The first-order chi connectivity index (χ1) is 12.1. The Balaban J connectivity index is 1.51. The zero-order valence-electron chi connectivity index (χ0n) is 14.2. The van der Waals surface area contributed by atoms with E-state index in [0.29, 0.717) is 6.42 Å². The van der Waals surface area contributed by atoms with Gasteiger partial charge in [-0.15, -0.1) is 0 Å². The fourth-order valence-electron chi connectivity index (χ4n) is 3.51. The number of anilines is 3. The smallest absolute Gasteiger partial charge is 0.249 e. The minimum absolute atomic E-state index is 0.0199. The SMILES string of the molecule is Cc1ccc(N2CCC[C@H](Nc3ccc4c(c3)CC(=O)N4)C2=O)cc1. The molecule has 0 spiro atoms. The van der Waals surface area contributed by atoms with Crippen molar-refractivity contribution in [3.63, 3.8) is 0 Å². The monoisotopic (exact) mass is 335 g/mol. The van der Waals surface area contributed by atoms with E-state index >= 15 is 0 Å². The van der Waals surface area contributed by atoms with Crippen molar-refractivity contribution in [2.75, 3.05) is 22.1 Å². The van der Waals surface area contributed by atoms with Crippen LogP contribution in [0.1, 0.15) is 24.0 Å². The van der Waals surface area contributed by atoms with Crippen LogP contribution in [0.15, 0.2) is 42.5 Å². The van der Waals surface area contributed by atoms with Gasteiger partial charge < -0.3 is 15.5 Å². The normalized spacial score (nSPS) is 19.6. The van der Waals surface area contributed by atoms with Gasteiger partial charge >= 0.3 is 0 Å². The molecule has 5 nitrogen and oxygen atoms in total. The van der Waals surface area contributed by atoms with Crippen molar-refractivity contribution in [3.05, 3.63) is 53.6 Å². The molecule has 1 fully saturated rings. The van der Waals surface area contributed by atoms with Crippen LogP contribution in [-0.4, -0.2) is 24.4 Å². The number of nitrogens with zero attached hydrogens (tertiary/aromatic N) is 1. The van der Waals surface area contributed by atoms with Gasteiger partial charge in [0.1, 0.15) is 6.04 Å². The number of carbonyl (C=O) groups excluding carboxylic acids is 2. The Bertz CT molecular complexity index is 829. The van der Waals surface area contributed by atoms with Crippen LogP contribution in [0.25, 0.3) is 0 Å². The van der Waals surface area contributed by atoms with E-state index in [1.165, 1.54) is 5.56 Å². The summed E-state index contributed by atoms with van der Waals surface area (Å²) < 4.78 is 0. The summed E-state index contributed by atoms with van der Waals surface area (Å²) >= 11 is 0. The molecule has 0 saturated carbocycles.